The lowest BCUT2D eigenvalue weighted by molar-refractivity contribution is 0.242. The topological polar surface area (TPSA) is 28.1 Å². The molecule has 4 nitrogen and oxygen atoms in total. The summed E-state index contributed by atoms with van der Waals surface area (Å²) in [5.74, 6) is 1.87. The molecule has 0 N–H and O–H groups in total. The van der Waals surface area contributed by atoms with Crippen molar-refractivity contribution in [2.75, 3.05) is 28.2 Å². The van der Waals surface area contributed by atoms with E-state index < -0.39 is 0 Å². The summed E-state index contributed by atoms with van der Waals surface area (Å²) in [5.41, 5.74) is 1.18. The Hall–Kier alpha value is -1.71. The van der Waals surface area contributed by atoms with E-state index in [1.165, 1.54) is 5.56 Å². The molecule has 1 aromatic carbocycles. The summed E-state index contributed by atoms with van der Waals surface area (Å²) in [4.78, 5) is 8.63. The predicted octanol–water partition coefficient (Wildman–Crippen LogP) is 2.45. The molecule has 0 bridgehead atoms. The molecular formula is C15H25N3O. The molecule has 0 saturated carbocycles. The van der Waals surface area contributed by atoms with Crippen LogP contribution in [0.5, 0.6) is 5.75 Å². The number of nitrogens with zero attached hydrogens (tertiary/aromatic N) is 3. The van der Waals surface area contributed by atoms with Crippen molar-refractivity contribution < 1.29 is 4.74 Å². The van der Waals surface area contributed by atoms with E-state index in [9.17, 15) is 0 Å². The van der Waals surface area contributed by atoms with Crippen LogP contribution in [0.3, 0.4) is 0 Å². The summed E-state index contributed by atoms with van der Waals surface area (Å²) in [6.45, 7) is 4.73. The Bertz CT molecular complexity index is 398. The predicted molar refractivity (Wildman–Crippen MR) is 80.7 cm³/mol. The minimum absolute atomic E-state index is 0.206. The highest BCUT2D eigenvalue weighted by atomic mass is 16.5. The average Bonchev–Trinajstić information content (AvgIpc) is 2.29. The van der Waals surface area contributed by atoms with Gasteiger partial charge in [0.15, 0.2) is 5.96 Å². The first kappa shape index (κ1) is 15.3. The molecule has 0 aromatic heterocycles. The third-order valence-corrected chi connectivity index (χ3v) is 2.50. The summed E-state index contributed by atoms with van der Waals surface area (Å²) in [7, 11) is 7.99. The Kier molecular flexibility index (Phi) is 5.67. The van der Waals surface area contributed by atoms with E-state index in [1.54, 1.807) is 0 Å². The first-order chi connectivity index (χ1) is 8.90. The first-order valence-electron chi connectivity index (χ1n) is 6.55. The van der Waals surface area contributed by atoms with Gasteiger partial charge in [-0.1, -0.05) is 12.1 Å². The average molecular weight is 263 g/mol. The molecule has 0 spiro atoms. The summed E-state index contributed by atoms with van der Waals surface area (Å²) in [5, 5.41) is 0. The normalized spacial score (nSPS) is 10.3. The van der Waals surface area contributed by atoms with E-state index in [-0.39, 0.29) is 6.10 Å². The largest absolute Gasteiger partial charge is 0.491 e. The van der Waals surface area contributed by atoms with Gasteiger partial charge >= 0.3 is 0 Å². The quantitative estimate of drug-likeness (QED) is 0.617. The lowest BCUT2D eigenvalue weighted by Gasteiger charge is -2.22. The second kappa shape index (κ2) is 7.02. The number of ether oxygens (including phenoxy) is 1. The molecule has 0 aliphatic heterocycles. The van der Waals surface area contributed by atoms with Crippen LogP contribution in [0.15, 0.2) is 29.3 Å². The molecule has 0 atom stereocenters. The van der Waals surface area contributed by atoms with Gasteiger partial charge in [0.1, 0.15) is 5.75 Å². The fraction of sp³-hybridized carbons (Fsp3) is 0.533. The SMILES string of the molecule is CC(C)Oc1ccc(CN=C(N(C)C)N(C)C)cc1. The van der Waals surface area contributed by atoms with Crippen molar-refractivity contribution in [3.8, 4) is 5.75 Å². The first-order valence-corrected chi connectivity index (χ1v) is 6.55. The molecule has 0 radical (unpaired) electrons. The Morgan fingerprint density at radius 1 is 1.05 bits per heavy atom. The van der Waals surface area contributed by atoms with Crippen LogP contribution in [0.25, 0.3) is 0 Å². The third-order valence-electron chi connectivity index (χ3n) is 2.50. The van der Waals surface area contributed by atoms with Crippen molar-refractivity contribution in [1.29, 1.82) is 0 Å². The molecular weight excluding hydrogens is 238 g/mol. The molecule has 0 saturated heterocycles. The summed E-state index contributed by atoms with van der Waals surface area (Å²) < 4.78 is 5.62. The Labute approximate surface area is 116 Å². The zero-order valence-electron chi connectivity index (χ0n) is 12.8. The number of guanidine groups is 1. The number of benzene rings is 1. The highest BCUT2D eigenvalue weighted by molar-refractivity contribution is 5.79. The van der Waals surface area contributed by atoms with E-state index in [4.69, 9.17) is 4.74 Å². The second-order valence-corrected chi connectivity index (χ2v) is 5.22. The van der Waals surface area contributed by atoms with Crippen LogP contribution in [0, 0.1) is 0 Å². The van der Waals surface area contributed by atoms with Crippen LogP contribution in [0.2, 0.25) is 0 Å². The van der Waals surface area contributed by atoms with E-state index in [0.717, 1.165) is 11.7 Å². The minimum Gasteiger partial charge on any atom is -0.491 e. The molecule has 1 rings (SSSR count). The van der Waals surface area contributed by atoms with Crippen LogP contribution < -0.4 is 4.74 Å². The number of rotatable bonds is 4. The molecule has 0 amide bonds. The second-order valence-electron chi connectivity index (χ2n) is 5.22. The maximum Gasteiger partial charge on any atom is 0.195 e. The fourth-order valence-corrected chi connectivity index (χ4v) is 1.79. The maximum absolute atomic E-state index is 5.62. The van der Waals surface area contributed by atoms with Gasteiger partial charge in [-0.05, 0) is 31.5 Å². The lowest BCUT2D eigenvalue weighted by atomic mass is 10.2. The van der Waals surface area contributed by atoms with E-state index >= 15 is 0 Å². The molecule has 0 fully saturated rings. The Morgan fingerprint density at radius 3 is 2.00 bits per heavy atom. The van der Waals surface area contributed by atoms with Crippen LogP contribution >= 0.6 is 0 Å². The van der Waals surface area contributed by atoms with Crippen molar-refractivity contribution in [2.45, 2.75) is 26.5 Å². The third kappa shape index (κ3) is 5.20. The van der Waals surface area contributed by atoms with Gasteiger partial charge in [0, 0.05) is 28.2 Å². The fourth-order valence-electron chi connectivity index (χ4n) is 1.79. The molecule has 0 aliphatic rings. The van der Waals surface area contributed by atoms with E-state index in [0.29, 0.717) is 6.54 Å². The van der Waals surface area contributed by atoms with Gasteiger partial charge in [-0.25, -0.2) is 4.99 Å². The van der Waals surface area contributed by atoms with Gasteiger partial charge in [-0.15, -0.1) is 0 Å². The number of hydrogen-bond donors (Lipinski definition) is 0. The van der Waals surface area contributed by atoms with Crippen LogP contribution in [0.1, 0.15) is 19.4 Å². The van der Waals surface area contributed by atoms with Gasteiger partial charge in [0.2, 0.25) is 0 Å². The smallest absolute Gasteiger partial charge is 0.195 e. The van der Waals surface area contributed by atoms with Crippen molar-refractivity contribution in [3.63, 3.8) is 0 Å². The van der Waals surface area contributed by atoms with Crippen LogP contribution in [-0.2, 0) is 6.54 Å². The monoisotopic (exact) mass is 263 g/mol. The maximum atomic E-state index is 5.62. The van der Waals surface area contributed by atoms with Crippen molar-refractivity contribution in [3.05, 3.63) is 29.8 Å². The zero-order valence-corrected chi connectivity index (χ0v) is 12.8. The van der Waals surface area contributed by atoms with Gasteiger partial charge in [0.05, 0.1) is 12.6 Å². The summed E-state index contributed by atoms with van der Waals surface area (Å²) >= 11 is 0. The molecule has 0 aliphatic carbocycles. The Balaban J connectivity index is 2.69. The van der Waals surface area contributed by atoms with Crippen LogP contribution in [-0.4, -0.2) is 50.1 Å². The number of aliphatic imine (C=N–C) groups is 1. The molecule has 4 heteroatoms. The Morgan fingerprint density at radius 2 is 1.58 bits per heavy atom. The standard InChI is InChI=1S/C15H25N3O/c1-12(2)19-14-9-7-13(8-10-14)11-16-15(17(3)4)18(5)6/h7-10,12H,11H2,1-6H3. The van der Waals surface area contributed by atoms with Gasteiger partial charge in [0.25, 0.3) is 0 Å². The summed E-state index contributed by atoms with van der Waals surface area (Å²) in [6, 6.07) is 8.11. The van der Waals surface area contributed by atoms with E-state index in [2.05, 4.69) is 17.1 Å². The number of hydrogen-bond acceptors (Lipinski definition) is 2. The van der Waals surface area contributed by atoms with Crippen LogP contribution in [0.4, 0.5) is 0 Å². The molecule has 0 heterocycles. The van der Waals surface area contributed by atoms with Crippen molar-refractivity contribution >= 4 is 5.96 Å². The van der Waals surface area contributed by atoms with Gasteiger partial charge in [-0.2, -0.15) is 0 Å². The molecule has 106 valence electrons. The van der Waals surface area contributed by atoms with E-state index in [1.807, 2.05) is 64.0 Å². The highest BCUT2D eigenvalue weighted by Gasteiger charge is 2.04. The zero-order chi connectivity index (χ0) is 14.4. The molecule has 1 aromatic rings. The van der Waals surface area contributed by atoms with Gasteiger partial charge in [-0.3, -0.25) is 0 Å². The lowest BCUT2D eigenvalue weighted by Crippen LogP contribution is -2.35. The summed E-state index contributed by atoms with van der Waals surface area (Å²) in [6.07, 6.45) is 0.206. The molecule has 0 unspecified atom stereocenters. The van der Waals surface area contributed by atoms with Crippen molar-refractivity contribution in [1.82, 2.24) is 9.80 Å². The molecule has 19 heavy (non-hydrogen) atoms. The van der Waals surface area contributed by atoms with Gasteiger partial charge < -0.3 is 14.5 Å². The van der Waals surface area contributed by atoms with Crippen molar-refractivity contribution in [2.24, 2.45) is 4.99 Å². The highest BCUT2D eigenvalue weighted by Crippen LogP contribution is 2.14. The minimum atomic E-state index is 0.206.